The molecule has 1 aliphatic heterocycles. The first-order chi connectivity index (χ1) is 8.70. The van der Waals surface area contributed by atoms with Crippen LogP contribution in [0.2, 0.25) is 0 Å². The summed E-state index contributed by atoms with van der Waals surface area (Å²) >= 11 is 0. The molecule has 0 saturated carbocycles. The summed E-state index contributed by atoms with van der Waals surface area (Å²) in [4.78, 5) is 10.8. The molecule has 1 aromatic rings. The van der Waals surface area contributed by atoms with E-state index in [4.69, 9.17) is 14.6 Å². The molecule has 0 fully saturated rings. The summed E-state index contributed by atoms with van der Waals surface area (Å²) in [5.41, 5.74) is 1.32. The number of carbonyl (C=O) groups is 1. The normalized spacial score (nSPS) is 14.2. The number of ether oxygens (including phenoxy) is 2. The summed E-state index contributed by atoms with van der Waals surface area (Å²) in [6.07, 6.45) is 5.67. The molecule has 1 N–H and O–H groups in total. The van der Waals surface area contributed by atoms with Crippen LogP contribution >= 0.6 is 0 Å². The minimum Gasteiger partial charge on any atom is -0.478 e. The minimum absolute atomic E-state index is 0.251. The van der Waals surface area contributed by atoms with Gasteiger partial charge in [0.2, 0.25) is 6.79 Å². The van der Waals surface area contributed by atoms with Crippen LogP contribution in [0.3, 0.4) is 0 Å². The van der Waals surface area contributed by atoms with Gasteiger partial charge >= 0.3 is 5.97 Å². The summed E-state index contributed by atoms with van der Waals surface area (Å²) < 4.78 is 10.5. The van der Waals surface area contributed by atoms with Gasteiger partial charge in [-0.3, -0.25) is 0 Å². The Bertz CT molecular complexity index is 515. The second-order valence-electron chi connectivity index (χ2n) is 3.82. The van der Waals surface area contributed by atoms with Crippen molar-refractivity contribution in [2.75, 3.05) is 6.79 Å². The van der Waals surface area contributed by atoms with Gasteiger partial charge in [0.25, 0.3) is 0 Å². The molecule has 0 unspecified atom stereocenters. The molecular weight excluding hydrogens is 232 g/mol. The molecule has 4 heteroatoms. The smallest absolute Gasteiger partial charge is 0.331 e. The van der Waals surface area contributed by atoms with Gasteiger partial charge < -0.3 is 14.6 Å². The fraction of sp³-hybridized carbons (Fsp3) is 0.214. The number of aliphatic carboxylic acids is 1. The number of allylic oxidation sites excluding steroid dienone is 2. The second-order valence-corrected chi connectivity index (χ2v) is 3.82. The number of hydrogen-bond acceptors (Lipinski definition) is 3. The number of carboxylic acid groups (broad SMARTS) is 1. The average molecular weight is 246 g/mol. The van der Waals surface area contributed by atoms with Gasteiger partial charge in [-0.2, -0.15) is 0 Å². The third kappa shape index (κ3) is 2.71. The third-order valence-corrected chi connectivity index (χ3v) is 2.64. The lowest BCUT2D eigenvalue weighted by atomic mass is 10.1. The summed E-state index contributed by atoms with van der Waals surface area (Å²) in [5.74, 6) is 0.574. The van der Waals surface area contributed by atoms with Crippen molar-refractivity contribution in [3.63, 3.8) is 0 Å². The van der Waals surface area contributed by atoms with Crippen molar-refractivity contribution >= 4 is 12.0 Å². The van der Waals surface area contributed by atoms with Crippen molar-refractivity contribution in [2.24, 2.45) is 0 Å². The van der Waals surface area contributed by atoms with Crippen molar-refractivity contribution in [2.45, 2.75) is 13.3 Å². The topological polar surface area (TPSA) is 55.8 Å². The molecule has 4 nitrogen and oxygen atoms in total. The number of rotatable bonds is 4. The summed E-state index contributed by atoms with van der Waals surface area (Å²) in [6.45, 7) is 2.07. The fourth-order valence-electron chi connectivity index (χ4n) is 1.63. The lowest BCUT2D eigenvalue weighted by Crippen LogP contribution is -1.97. The summed E-state index contributed by atoms with van der Waals surface area (Å²) in [7, 11) is 0. The molecular formula is C14H14O4. The molecule has 0 bridgehead atoms. The lowest BCUT2D eigenvalue weighted by Gasteiger charge is -1.97. The van der Waals surface area contributed by atoms with Crippen molar-refractivity contribution < 1.29 is 19.4 Å². The van der Waals surface area contributed by atoms with E-state index in [-0.39, 0.29) is 6.79 Å². The highest BCUT2D eigenvalue weighted by molar-refractivity contribution is 5.87. The molecule has 1 aromatic carbocycles. The maximum atomic E-state index is 10.8. The Hall–Kier alpha value is -2.23. The van der Waals surface area contributed by atoms with Gasteiger partial charge in [0.05, 0.1) is 0 Å². The van der Waals surface area contributed by atoms with Gasteiger partial charge in [0, 0.05) is 5.57 Å². The van der Waals surface area contributed by atoms with Crippen LogP contribution in [0.5, 0.6) is 11.5 Å². The molecule has 0 radical (unpaired) electrons. The average Bonchev–Trinajstić information content (AvgIpc) is 2.81. The third-order valence-electron chi connectivity index (χ3n) is 2.64. The second kappa shape index (κ2) is 5.40. The van der Waals surface area contributed by atoms with E-state index in [9.17, 15) is 4.79 Å². The van der Waals surface area contributed by atoms with Crippen molar-refractivity contribution in [3.8, 4) is 11.5 Å². The number of hydrogen-bond donors (Lipinski definition) is 1. The van der Waals surface area contributed by atoms with Crippen LogP contribution in [0.4, 0.5) is 0 Å². The fourth-order valence-corrected chi connectivity index (χ4v) is 1.63. The standard InChI is InChI=1S/C14H14O4/c1-2-11(14(15)16)5-3-4-10-6-7-12-13(8-10)18-9-17-12/h3-8H,2,9H2,1H3,(H,15,16). The van der Waals surface area contributed by atoms with E-state index in [0.29, 0.717) is 12.0 Å². The Morgan fingerprint density at radius 1 is 1.39 bits per heavy atom. The predicted octanol–water partition coefficient (Wildman–Crippen LogP) is 2.85. The minimum atomic E-state index is -0.882. The molecule has 94 valence electrons. The Labute approximate surface area is 105 Å². The highest BCUT2D eigenvalue weighted by Gasteiger charge is 2.11. The molecule has 1 aliphatic rings. The molecule has 0 aromatic heterocycles. The maximum absolute atomic E-state index is 10.8. The first-order valence-corrected chi connectivity index (χ1v) is 5.71. The van der Waals surface area contributed by atoms with Gasteiger partial charge in [0.1, 0.15) is 0 Å². The Balaban J connectivity index is 2.12. The summed E-state index contributed by atoms with van der Waals surface area (Å²) in [6, 6.07) is 5.59. The molecule has 0 atom stereocenters. The Morgan fingerprint density at radius 2 is 2.17 bits per heavy atom. The van der Waals surface area contributed by atoms with Crippen molar-refractivity contribution in [1.82, 2.24) is 0 Å². The molecule has 2 rings (SSSR count). The van der Waals surface area contributed by atoms with E-state index in [2.05, 4.69) is 0 Å². The van der Waals surface area contributed by atoms with E-state index in [1.807, 2.05) is 31.2 Å². The van der Waals surface area contributed by atoms with Crippen LogP contribution in [-0.4, -0.2) is 17.9 Å². The molecule has 18 heavy (non-hydrogen) atoms. The zero-order valence-electron chi connectivity index (χ0n) is 10.1. The molecule has 1 heterocycles. The molecule has 0 amide bonds. The van der Waals surface area contributed by atoms with Crippen LogP contribution in [-0.2, 0) is 4.79 Å². The SMILES string of the molecule is CCC(=CC=Cc1ccc2c(c1)OCO2)C(=O)O. The first kappa shape index (κ1) is 12.2. The van der Waals surface area contributed by atoms with Crippen LogP contribution < -0.4 is 9.47 Å². The van der Waals surface area contributed by atoms with E-state index in [0.717, 1.165) is 17.1 Å². The van der Waals surface area contributed by atoms with Crippen LogP contribution in [0, 0.1) is 0 Å². The van der Waals surface area contributed by atoms with Gasteiger partial charge in [-0.05, 0) is 24.1 Å². The van der Waals surface area contributed by atoms with Crippen LogP contribution in [0.1, 0.15) is 18.9 Å². The van der Waals surface area contributed by atoms with E-state index >= 15 is 0 Å². The zero-order chi connectivity index (χ0) is 13.0. The first-order valence-electron chi connectivity index (χ1n) is 5.71. The number of benzene rings is 1. The zero-order valence-corrected chi connectivity index (χ0v) is 10.1. The monoisotopic (exact) mass is 246 g/mol. The molecule has 0 aliphatic carbocycles. The highest BCUT2D eigenvalue weighted by Crippen LogP contribution is 2.32. The van der Waals surface area contributed by atoms with E-state index in [1.165, 1.54) is 0 Å². The number of carboxylic acids is 1. The van der Waals surface area contributed by atoms with Gasteiger partial charge in [-0.1, -0.05) is 31.2 Å². The Morgan fingerprint density at radius 3 is 2.89 bits per heavy atom. The summed E-state index contributed by atoms with van der Waals surface area (Å²) in [5, 5.41) is 8.86. The number of fused-ring (bicyclic) bond motifs is 1. The largest absolute Gasteiger partial charge is 0.478 e. The molecule has 0 spiro atoms. The van der Waals surface area contributed by atoms with Crippen LogP contribution in [0.15, 0.2) is 35.9 Å². The molecule has 0 saturated heterocycles. The van der Waals surface area contributed by atoms with Crippen LogP contribution in [0.25, 0.3) is 6.08 Å². The van der Waals surface area contributed by atoms with E-state index < -0.39 is 5.97 Å². The highest BCUT2D eigenvalue weighted by atomic mass is 16.7. The van der Waals surface area contributed by atoms with Crippen molar-refractivity contribution in [3.05, 3.63) is 41.5 Å². The lowest BCUT2D eigenvalue weighted by molar-refractivity contribution is -0.132. The van der Waals surface area contributed by atoms with Gasteiger partial charge in [-0.15, -0.1) is 0 Å². The Kier molecular flexibility index (Phi) is 3.67. The predicted molar refractivity (Wildman–Crippen MR) is 67.6 cm³/mol. The van der Waals surface area contributed by atoms with E-state index in [1.54, 1.807) is 12.2 Å². The van der Waals surface area contributed by atoms with Gasteiger partial charge in [0.15, 0.2) is 11.5 Å². The maximum Gasteiger partial charge on any atom is 0.331 e. The van der Waals surface area contributed by atoms with Crippen molar-refractivity contribution in [1.29, 1.82) is 0 Å². The quantitative estimate of drug-likeness (QED) is 0.655. The van der Waals surface area contributed by atoms with Gasteiger partial charge in [-0.25, -0.2) is 4.79 Å².